The molecule has 0 aliphatic rings. The number of halogens is 3. The molecule has 0 spiro atoms. The number of nitro groups is 1. The van der Waals surface area contributed by atoms with E-state index in [2.05, 4.69) is 4.74 Å². The summed E-state index contributed by atoms with van der Waals surface area (Å²) in [5.41, 5.74) is -0.361. The molecule has 0 aliphatic heterocycles. The van der Waals surface area contributed by atoms with Gasteiger partial charge in [-0.15, -0.1) is 0 Å². The maximum atomic E-state index is 13.3. The maximum Gasteiger partial charge on any atom is 0.408 e. The smallest absolute Gasteiger partial charge is 0.408 e. The number of rotatable bonds is 10. The van der Waals surface area contributed by atoms with E-state index in [1.54, 1.807) is 0 Å². The second-order valence-electron chi connectivity index (χ2n) is 7.63. The van der Waals surface area contributed by atoms with E-state index in [0.717, 1.165) is 37.5 Å². The molecular formula is C18H24F3N3O7S2. The van der Waals surface area contributed by atoms with E-state index in [9.17, 15) is 40.7 Å². The molecule has 0 bridgehead atoms. The largest absolute Gasteiger partial charge is 0.468 e. The number of nitrogens with one attached hydrogen (secondary N) is 2. The number of ether oxygens (including phenoxy) is 1. The number of non-ortho nitro benzene ring substituents is 1. The lowest BCUT2D eigenvalue weighted by Gasteiger charge is -2.24. The lowest BCUT2D eigenvalue weighted by atomic mass is 10.2. The highest BCUT2D eigenvalue weighted by Gasteiger charge is 2.40. The number of carbonyl (C=O) groups excluding carboxylic acids is 1. The second-order valence-corrected chi connectivity index (χ2v) is 11.3. The topological polar surface area (TPSA) is 145 Å². The number of hydrogen-bond acceptors (Lipinski definition) is 7. The normalized spacial score (nSPS) is 15.7. The molecule has 2 N–H and O–H groups in total. The highest BCUT2D eigenvalue weighted by atomic mass is 32.2. The first kappa shape index (κ1) is 28.7. The first-order chi connectivity index (χ1) is 15.0. The van der Waals surface area contributed by atoms with Crippen LogP contribution >= 0.6 is 0 Å². The van der Waals surface area contributed by atoms with Gasteiger partial charge < -0.3 is 4.74 Å². The van der Waals surface area contributed by atoms with Gasteiger partial charge >= 0.3 is 12.1 Å². The van der Waals surface area contributed by atoms with Crippen LogP contribution in [-0.4, -0.2) is 53.6 Å². The molecular weight excluding hydrogens is 491 g/mol. The van der Waals surface area contributed by atoms with Crippen LogP contribution in [0.25, 0.3) is 0 Å². The molecule has 186 valence electrons. The van der Waals surface area contributed by atoms with Gasteiger partial charge in [-0.25, -0.2) is 17.3 Å². The van der Waals surface area contributed by atoms with Crippen LogP contribution in [-0.2, 0) is 30.5 Å². The molecule has 10 nitrogen and oxygen atoms in total. The minimum absolute atomic E-state index is 0.361. The van der Waals surface area contributed by atoms with E-state index >= 15 is 0 Å². The summed E-state index contributed by atoms with van der Waals surface area (Å²) in [7, 11) is -5.46. The third kappa shape index (κ3) is 8.83. The number of esters is 1. The lowest BCUT2D eigenvalue weighted by molar-refractivity contribution is -0.384. The van der Waals surface area contributed by atoms with Gasteiger partial charge in [0.05, 0.1) is 32.7 Å². The number of sulfonamides is 1. The average molecular weight is 516 g/mol. The summed E-state index contributed by atoms with van der Waals surface area (Å²) in [5, 5.41) is 10.7. The van der Waals surface area contributed by atoms with Crippen molar-refractivity contribution in [1.29, 1.82) is 0 Å². The Hall–Kier alpha value is -2.36. The number of methoxy groups -OCH3 is 1. The molecule has 0 unspecified atom stereocenters. The van der Waals surface area contributed by atoms with Gasteiger partial charge in [0, 0.05) is 12.1 Å². The summed E-state index contributed by atoms with van der Waals surface area (Å²) in [5.74, 6) is -1.07. The summed E-state index contributed by atoms with van der Waals surface area (Å²) in [6, 6.07) is -0.144. The van der Waals surface area contributed by atoms with Crippen LogP contribution in [0.5, 0.6) is 0 Å². The molecule has 3 atom stereocenters. The molecule has 0 saturated heterocycles. The minimum atomic E-state index is -4.81. The van der Waals surface area contributed by atoms with Gasteiger partial charge in [0.1, 0.15) is 12.1 Å². The summed E-state index contributed by atoms with van der Waals surface area (Å²) >= 11 is 0. The fourth-order valence-electron chi connectivity index (χ4n) is 2.20. The molecule has 0 saturated carbocycles. The van der Waals surface area contributed by atoms with Gasteiger partial charge in [-0.2, -0.15) is 17.9 Å². The molecule has 1 aromatic rings. The minimum Gasteiger partial charge on any atom is -0.468 e. The SMILES string of the molecule is COC(=O)[C@H](CC=C[C@@H](N[S@@](=O)C(C)(C)C)C(F)(F)F)NS(=O)(=O)c1ccc([N+](=O)[O-])cc1. The fourth-order valence-corrected chi connectivity index (χ4v) is 4.19. The van der Waals surface area contributed by atoms with E-state index in [1.807, 2.05) is 9.44 Å². The zero-order chi connectivity index (χ0) is 25.6. The molecule has 0 aromatic heterocycles. The standard InChI is InChI=1S/C18H24F3N3O7S2/c1-17(2,3)32(28)22-15(18(19,20)21)7-5-6-14(16(25)31-4)23-33(29,30)13-10-8-12(9-11-13)24(26)27/h5,7-11,14-15,22-23H,6H2,1-4H3/t14-,15+,32-/m0/s1. The number of hydrogen-bond donors (Lipinski definition) is 2. The van der Waals surface area contributed by atoms with Crippen molar-refractivity contribution in [2.75, 3.05) is 7.11 Å². The quantitative estimate of drug-likeness (QED) is 0.211. The Morgan fingerprint density at radius 1 is 1.24 bits per heavy atom. The van der Waals surface area contributed by atoms with Crippen molar-refractivity contribution in [2.24, 2.45) is 0 Å². The molecule has 0 amide bonds. The molecule has 0 heterocycles. The Balaban J connectivity index is 3.06. The Labute approximate surface area is 191 Å². The van der Waals surface area contributed by atoms with Crippen molar-refractivity contribution in [1.82, 2.24) is 9.44 Å². The second kappa shape index (κ2) is 11.2. The lowest BCUT2D eigenvalue weighted by Crippen LogP contribution is -2.46. The number of nitro benzene ring substituents is 1. The Bertz CT molecular complexity index is 1000. The first-order valence-corrected chi connectivity index (χ1v) is 11.9. The van der Waals surface area contributed by atoms with Crippen LogP contribution in [0.1, 0.15) is 27.2 Å². The predicted molar refractivity (Wildman–Crippen MR) is 114 cm³/mol. The summed E-state index contributed by atoms with van der Waals surface area (Å²) in [6.45, 7) is 4.44. The third-order valence-corrected chi connectivity index (χ3v) is 7.05. The Morgan fingerprint density at radius 2 is 1.79 bits per heavy atom. The van der Waals surface area contributed by atoms with Crippen molar-refractivity contribution < 1.29 is 40.3 Å². The first-order valence-electron chi connectivity index (χ1n) is 9.25. The van der Waals surface area contributed by atoms with E-state index in [1.165, 1.54) is 20.8 Å². The van der Waals surface area contributed by atoms with Gasteiger partial charge in [-0.3, -0.25) is 14.9 Å². The molecule has 33 heavy (non-hydrogen) atoms. The van der Waals surface area contributed by atoms with E-state index in [4.69, 9.17) is 0 Å². The maximum absolute atomic E-state index is 13.3. The molecule has 1 rings (SSSR count). The van der Waals surface area contributed by atoms with E-state index < -0.39 is 66.2 Å². The Kier molecular flexibility index (Phi) is 9.71. The zero-order valence-corrected chi connectivity index (χ0v) is 19.7. The van der Waals surface area contributed by atoms with Crippen molar-refractivity contribution >= 4 is 32.7 Å². The van der Waals surface area contributed by atoms with Crippen molar-refractivity contribution in [3.8, 4) is 0 Å². The molecule has 15 heteroatoms. The van der Waals surface area contributed by atoms with Crippen molar-refractivity contribution in [2.45, 2.75) is 55.1 Å². The van der Waals surface area contributed by atoms with Crippen molar-refractivity contribution in [3.05, 3.63) is 46.5 Å². The number of carbonyl (C=O) groups is 1. The number of benzene rings is 1. The predicted octanol–water partition coefficient (Wildman–Crippen LogP) is 2.34. The summed E-state index contributed by atoms with van der Waals surface area (Å²) in [4.78, 5) is 21.6. The van der Waals surface area contributed by atoms with Gasteiger partial charge in [-0.05, 0) is 39.3 Å². The van der Waals surface area contributed by atoms with Crippen LogP contribution < -0.4 is 9.44 Å². The number of nitrogens with zero attached hydrogens (tertiary/aromatic N) is 1. The molecule has 0 radical (unpaired) electrons. The zero-order valence-electron chi connectivity index (χ0n) is 18.1. The van der Waals surface area contributed by atoms with Crippen LogP contribution in [0.15, 0.2) is 41.3 Å². The highest BCUT2D eigenvalue weighted by molar-refractivity contribution is 7.89. The molecule has 0 aliphatic carbocycles. The van der Waals surface area contributed by atoms with Gasteiger partial charge in [0.2, 0.25) is 10.0 Å². The highest BCUT2D eigenvalue weighted by Crippen LogP contribution is 2.23. The third-order valence-electron chi connectivity index (χ3n) is 3.98. The number of alkyl halides is 3. The van der Waals surface area contributed by atoms with Crippen molar-refractivity contribution in [3.63, 3.8) is 0 Å². The summed E-state index contributed by atoms with van der Waals surface area (Å²) < 4.78 is 84.4. The Morgan fingerprint density at radius 3 is 2.21 bits per heavy atom. The summed E-state index contributed by atoms with van der Waals surface area (Å²) in [6.07, 6.45) is -3.80. The van der Waals surface area contributed by atoms with Gasteiger partial charge in [0.25, 0.3) is 5.69 Å². The van der Waals surface area contributed by atoms with Gasteiger partial charge in [0.15, 0.2) is 0 Å². The average Bonchev–Trinajstić information content (AvgIpc) is 2.69. The van der Waals surface area contributed by atoms with E-state index in [-0.39, 0.29) is 5.69 Å². The molecule has 0 fully saturated rings. The van der Waals surface area contributed by atoms with Crippen LogP contribution in [0, 0.1) is 10.1 Å². The molecule has 1 aromatic carbocycles. The van der Waals surface area contributed by atoms with Gasteiger partial charge in [-0.1, -0.05) is 12.2 Å². The van der Waals surface area contributed by atoms with Crippen LogP contribution in [0.3, 0.4) is 0 Å². The van der Waals surface area contributed by atoms with E-state index in [0.29, 0.717) is 6.08 Å². The fraction of sp³-hybridized carbons (Fsp3) is 0.500. The monoisotopic (exact) mass is 515 g/mol. The van der Waals surface area contributed by atoms with Crippen LogP contribution in [0.2, 0.25) is 0 Å². The van der Waals surface area contributed by atoms with Crippen LogP contribution in [0.4, 0.5) is 18.9 Å².